The summed E-state index contributed by atoms with van der Waals surface area (Å²) in [6, 6.07) is 12.8. The summed E-state index contributed by atoms with van der Waals surface area (Å²) in [5.41, 5.74) is 2.25. The molecule has 0 bridgehead atoms. The fourth-order valence-electron chi connectivity index (χ4n) is 3.46. The number of hydrogen-bond acceptors (Lipinski definition) is 5. The number of benzene rings is 1. The molecule has 0 aliphatic carbocycles. The van der Waals surface area contributed by atoms with E-state index in [1.807, 2.05) is 6.07 Å². The van der Waals surface area contributed by atoms with Gasteiger partial charge in [0.25, 0.3) is 5.91 Å². The standard InChI is InChI=1S/C25H19Cl2N3O4/c1-2-34-25(33)18-12-22(23(31)16-5-6-19(26)20(27)10-16)30-9-7-17(11-21(18)30)24(32)29-14-15-4-3-8-28-13-15/h3-13H,2,14H2,1H3,(H,29,32). The molecule has 1 aromatic carbocycles. The third kappa shape index (κ3) is 4.81. The Hall–Kier alpha value is -3.68. The van der Waals surface area contributed by atoms with Crippen LogP contribution >= 0.6 is 23.2 Å². The van der Waals surface area contributed by atoms with E-state index in [0.717, 1.165) is 5.56 Å². The van der Waals surface area contributed by atoms with Gasteiger partial charge in [-0.3, -0.25) is 14.6 Å². The Labute approximate surface area is 205 Å². The van der Waals surface area contributed by atoms with E-state index in [2.05, 4.69) is 10.3 Å². The molecule has 4 aromatic rings. The highest BCUT2D eigenvalue weighted by molar-refractivity contribution is 6.42. The van der Waals surface area contributed by atoms with Gasteiger partial charge in [0.1, 0.15) is 0 Å². The number of carbonyl (C=O) groups excluding carboxylic acids is 3. The van der Waals surface area contributed by atoms with Crippen molar-refractivity contribution in [3.8, 4) is 0 Å². The SMILES string of the molecule is CCOC(=O)c1cc(C(=O)c2ccc(Cl)c(Cl)c2)n2ccc(C(=O)NCc3cccnc3)cc12. The number of rotatable bonds is 7. The lowest BCUT2D eigenvalue weighted by atomic mass is 10.1. The van der Waals surface area contributed by atoms with E-state index in [9.17, 15) is 14.4 Å². The molecule has 0 unspecified atom stereocenters. The van der Waals surface area contributed by atoms with Gasteiger partial charge in [0, 0.05) is 36.3 Å². The lowest BCUT2D eigenvalue weighted by Crippen LogP contribution is -2.23. The largest absolute Gasteiger partial charge is 0.462 e. The molecule has 0 saturated carbocycles. The van der Waals surface area contributed by atoms with Crippen LogP contribution in [-0.2, 0) is 11.3 Å². The zero-order chi connectivity index (χ0) is 24.2. The summed E-state index contributed by atoms with van der Waals surface area (Å²) in [4.78, 5) is 42.6. The van der Waals surface area contributed by atoms with Gasteiger partial charge in [0.2, 0.25) is 5.78 Å². The monoisotopic (exact) mass is 495 g/mol. The van der Waals surface area contributed by atoms with Gasteiger partial charge in [0.15, 0.2) is 0 Å². The summed E-state index contributed by atoms with van der Waals surface area (Å²) in [5.74, 6) is -1.29. The van der Waals surface area contributed by atoms with Crippen molar-refractivity contribution in [1.29, 1.82) is 0 Å². The first-order valence-electron chi connectivity index (χ1n) is 10.4. The molecule has 3 heterocycles. The highest BCUT2D eigenvalue weighted by Gasteiger charge is 2.23. The molecule has 1 N–H and O–H groups in total. The third-order valence-electron chi connectivity index (χ3n) is 5.12. The Kier molecular flexibility index (Phi) is 6.95. The van der Waals surface area contributed by atoms with Crippen molar-refractivity contribution in [1.82, 2.24) is 14.7 Å². The number of esters is 1. The van der Waals surface area contributed by atoms with Crippen molar-refractivity contribution in [2.45, 2.75) is 13.5 Å². The van der Waals surface area contributed by atoms with E-state index in [-0.39, 0.29) is 34.6 Å². The minimum atomic E-state index is -0.596. The second-order valence-electron chi connectivity index (χ2n) is 7.34. The molecule has 0 saturated heterocycles. The number of carbonyl (C=O) groups is 3. The van der Waals surface area contributed by atoms with Crippen LogP contribution in [0.1, 0.15) is 49.3 Å². The predicted octanol–water partition coefficient (Wildman–Crippen LogP) is 4.98. The molecular formula is C25H19Cl2N3O4. The number of amides is 1. The minimum absolute atomic E-state index is 0.164. The molecule has 0 aliphatic heterocycles. The highest BCUT2D eigenvalue weighted by atomic mass is 35.5. The molecule has 0 atom stereocenters. The summed E-state index contributed by atoms with van der Waals surface area (Å²) < 4.78 is 6.72. The first-order valence-corrected chi connectivity index (χ1v) is 11.1. The number of pyridine rings is 2. The third-order valence-corrected chi connectivity index (χ3v) is 5.86. The van der Waals surface area contributed by atoms with Gasteiger partial charge in [-0.15, -0.1) is 0 Å². The van der Waals surface area contributed by atoms with E-state index in [0.29, 0.717) is 28.2 Å². The number of nitrogens with zero attached hydrogens (tertiary/aromatic N) is 2. The Bertz CT molecular complexity index is 1400. The quantitative estimate of drug-likeness (QED) is 0.288. The molecule has 34 heavy (non-hydrogen) atoms. The maximum Gasteiger partial charge on any atom is 0.340 e. The fourth-order valence-corrected chi connectivity index (χ4v) is 3.76. The van der Waals surface area contributed by atoms with Crippen LogP contribution in [0.3, 0.4) is 0 Å². The Balaban J connectivity index is 1.72. The van der Waals surface area contributed by atoms with Crippen molar-refractivity contribution < 1.29 is 19.1 Å². The maximum atomic E-state index is 13.2. The fraction of sp³-hybridized carbons (Fsp3) is 0.120. The topological polar surface area (TPSA) is 89.8 Å². The molecule has 9 heteroatoms. The molecule has 172 valence electrons. The van der Waals surface area contributed by atoms with Gasteiger partial charge in [-0.2, -0.15) is 0 Å². The number of aromatic nitrogens is 2. The summed E-state index contributed by atoms with van der Waals surface area (Å²) >= 11 is 12.0. The van der Waals surface area contributed by atoms with E-state index in [1.165, 1.54) is 18.2 Å². The van der Waals surface area contributed by atoms with Crippen molar-refractivity contribution in [3.05, 3.63) is 105 Å². The van der Waals surface area contributed by atoms with Crippen LogP contribution in [0.25, 0.3) is 5.52 Å². The van der Waals surface area contributed by atoms with Crippen LogP contribution in [0.15, 0.2) is 67.1 Å². The van der Waals surface area contributed by atoms with Crippen LogP contribution in [0.2, 0.25) is 10.0 Å². The van der Waals surface area contributed by atoms with Gasteiger partial charge in [0.05, 0.1) is 33.4 Å². The van der Waals surface area contributed by atoms with Crippen molar-refractivity contribution >= 4 is 46.4 Å². The lowest BCUT2D eigenvalue weighted by molar-refractivity contribution is 0.0528. The van der Waals surface area contributed by atoms with Gasteiger partial charge < -0.3 is 14.5 Å². The van der Waals surface area contributed by atoms with Gasteiger partial charge in [-0.1, -0.05) is 29.3 Å². The average molecular weight is 496 g/mol. The number of ether oxygens (including phenoxy) is 1. The lowest BCUT2D eigenvalue weighted by Gasteiger charge is -2.08. The highest BCUT2D eigenvalue weighted by Crippen LogP contribution is 2.26. The molecule has 7 nitrogen and oxygen atoms in total. The Morgan fingerprint density at radius 3 is 2.56 bits per heavy atom. The van der Waals surface area contributed by atoms with Crippen LogP contribution in [0.5, 0.6) is 0 Å². The van der Waals surface area contributed by atoms with E-state index < -0.39 is 5.97 Å². The molecule has 1 amide bonds. The first-order chi connectivity index (χ1) is 16.4. The van der Waals surface area contributed by atoms with E-state index in [1.54, 1.807) is 54.2 Å². The zero-order valence-electron chi connectivity index (χ0n) is 18.0. The number of nitrogens with one attached hydrogen (secondary N) is 1. The smallest absolute Gasteiger partial charge is 0.340 e. The van der Waals surface area contributed by atoms with Crippen molar-refractivity contribution in [3.63, 3.8) is 0 Å². The van der Waals surface area contributed by atoms with Crippen LogP contribution < -0.4 is 5.32 Å². The van der Waals surface area contributed by atoms with Crippen molar-refractivity contribution in [2.75, 3.05) is 6.61 Å². The van der Waals surface area contributed by atoms with Gasteiger partial charge >= 0.3 is 5.97 Å². The number of ketones is 1. The average Bonchev–Trinajstić information content (AvgIpc) is 3.23. The second kappa shape index (κ2) is 10.1. The summed E-state index contributed by atoms with van der Waals surface area (Å²) in [6.07, 6.45) is 4.89. The Morgan fingerprint density at radius 2 is 1.85 bits per heavy atom. The normalized spacial score (nSPS) is 10.8. The van der Waals surface area contributed by atoms with Gasteiger partial charge in [-0.05, 0) is 55.0 Å². The maximum absolute atomic E-state index is 13.2. The molecule has 0 fully saturated rings. The molecule has 0 radical (unpaired) electrons. The minimum Gasteiger partial charge on any atom is -0.462 e. The van der Waals surface area contributed by atoms with E-state index >= 15 is 0 Å². The summed E-state index contributed by atoms with van der Waals surface area (Å²) in [6.45, 7) is 2.15. The predicted molar refractivity (Wildman–Crippen MR) is 129 cm³/mol. The molecule has 0 spiro atoms. The molecular weight excluding hydrogens is 477 g/mol. The second-order valence-corrected chi connectivity index (χ2v) is 8.15. The zero-order valence-corrected chi connectivity index (χ0v) is 19.6. The summed E-state index contributed by atoms with van der Waals surface area (Å²) in [7, 11) is 0. The number of hydrogen-bond donors (Lipinski definition) is 1. The first kappa shape index (κ1) is 23.5. The van der Waals surface area contributed by atoms with Crippen molar-refractivity contribution in [2.24, 2.45) is 0 Å². The van der Waals surface area contributed by atoms with Crippen LogP contribution in [0, 0.1) is 0 Å². The molecule has 4 rings (SSSR count). The van der Waals surface area contributed by atoms with Crippen LogP contribution in [0.4, 0.5) is 0 Å². The molecule has 0 aliphatic rings. The van der Waals surface area contributed by atoms with Crippen LogP contribution in [-0.4, -0.2) is 33.7 Å². The summed E-state index contributed by atoms with van der Waals surface area (Å²) in [5, 5.41) is 3.39. The number of halogens is 2. The van der Waals surface area contributed by atoms with Gasteiger partial charge in [-0.25, -0.2) is 4.79 Å². The Morgan fingerprint density at radius 1 is 1.03 bits per heavy atom. The molecule has 3 aromatic heterocycles. The number of fused-ring (bicyclic) bond motifs is 1. The van der Waals surface area contributed by atoms with E-state index in [4.69, 9.17) is 27.9 Å².